The maximum absolute atomic E-state index is 13.4. The largest absolute Gasteiger partial charge is 0.496 e. The Morgan fingerprint density at radius 3 is 2.29 bits per heavy atom. The van der Waals surface area contributed by atoms with E-state index in [2.05, 4.69) is 5.32 Å². The van der Waals surface area contributed by atoms with Crippen LogP contribution in [0.4, 0.5) is 24.5 Å². The number of nitrogens with zero attached hydrogens (tertiary/aromatic N) is 2. The number of hydrogen-bond acceptors (Lipinski definition) is 5. The Morgan fingerprint density at radius 2 is 1.76 bits per heavy atom. The third-order valence-electron chi connectivity index (χ3n) is 5.37. The number of alkyl halides is 3. The van der Waals surface area contributed by atoms with E-state index in [1.807, 2.05) is 23.9 Å². The van der Waals surface area contributed by atoms with Gasteiger partial charge in [-0.05, 0) is 56.9 Å². The zero-order valence-electron chi connectivity index (χ0n) is 20.4. The summed E-state index contributed by atoms with van der Waals surface area (Å²) in [6.07, 6.45) is -3.78. The molecule has 6 nitrogen and oxygen atoms in total. The van der Waals surface area contributed by atoms with E-state index in [-0.39, 0.29) is 22.7 Å². The number of nitrogens with one attached hydrogen (secondary N) is 1. The van der Waals surface area contributed by atoms with Gasteiger partial charge < -0.3 is 24.6 Å². The second kappa shape index (κ2) is 11.5. The molecule has 1 N–H and O–H groups in total. The van der Waals surface area contributed by atoms with Gasteiger partial charge in [0, 0.05) is 13.6 Å². The van der Waals surface area contributed by atoms with Gasteiger partial charge in [-0.2, -0.15) is 13.2 Å². The first kappa shape index (κ1) is 27.4. The molecule has 10 heteroatoms. The lowest BCUT2D eigenvalue weighted by Gasteiger charge is -2.25. The molecule has 0 spiro atoms. The molecule has 0 heterocycles. The standard InChI is InChI=1S/C24H31BF3N3O3/c1-15(25)17-9-11-20(33-5)21(22(17)34-6)23(32)29-18-14-16(24(26,27)28)8-10-19(18)31(4)13-7-12-30(2)3/h8-11,14-15H,7,12-13H2,1-6H3,(H,29,32). The Bertz CT molecular complexity index is 997. The second-order valence-corrected chi connectivity index (χ2v) is 8.32. The van der Waals surface area contributed by atoms with Crippen molar-refractivity contribution in [3.8, 4) is 11.5 Å². The molecule has 2 rings (SSSR count). The van der Waals surface area contributed by atoms with Crippen molar-refractivity contribution < 1.29 is 27.4 Å². The third kappa shape index (κ3) is 6.59. The number of hydrogen-bond donors (Lipinski definition) is 1. The number of carbonyl (C=O) groups is 1. The van der Waals surface area contributed by atoms with Gasteiger partial charge in [0.1, 0.15) is 17.1 Å². The predicted molar refractivity (Wildman–Crippen MR) is 130 cm³/mol. The minimum absolute atomic E-state index is 0.0301. The van der Waals surface area contributed by atoms with Crippen LogP contribution in [0.25, 0.3) is 0 Å². The van der Waals surface area contributed by atoms with E-state index in [4.69, 9.17) is 17.3 Å². The summed E-state index contributed by atoms with van der Waals surface area (Å²) in [7, 11) is 14.5. The summed E-state index contributed by atoms with van der Waals surface area (Å²) in [6.45, 7) is 3.13. The minimum Gasteiger partial charge on any atom is -0.496 e. The lowest BCUT2D eigenvalue weighted by molar-refractivity contribution is -0.137. The fourth-order valence-electron chi connectivity index (χ4n) is 3.62. The Morgan fingerprint density at radius 1 is 1.09 bits per heavy atom. The predicted octanol–water partition coefficient (Wildman–Crippen LogP) is 4.59. The van der Waals surface area contributed by atoms with E-state index in [0.717, 1.165) is 25.1 Å². The van der Waals surface area contributed by atoms with Crippen LogP contribution in [-0.4, -0.2) is 67.1 Å². The van der Waals surface area contributed by atoms with Crippen molar-refractivity contribution in [2.75, 3.05) is 58.7 Å². The molecular formula is C24H31BF3N3O3. The van der Waals surface area contributed by atoms with Crippen molar-refractivity contribution >= 4 is 25.1 Å². The molecule has 0 bridgehead atoms. The molecule has 34 heavy (non-hydrogen) atoms. The summed E-state index contributed by atoms with van der Waals surface area (Å²) in [5, 5.41) is 2.64. The van der Waals surface area contributed by atoms with Crippen molar-refractivity contribution in [2.24, 2.45) is 0 Å². The van der Waals surface area contributed by atoms with Crippen LogP contribution >= 0.6 is 0 Å². The van der Waals surface area contributed by atoms with Crippen molar-refractivity contribution in [2.45, 2.75) is 25.3 Å². The molecule has 1 unspecified atom stereocenters. The molecule has 1 amide bonds. The van der Waals surface area contributed by atoms with Crippen LogP contribution in [0.1, 0.15) is 40.6 Å². The number of rotatable bonds is 10. The maximum Gasteiger partial charge on any atom is 0.416 e. The lowest BCUT2D eigenvalue weighted by atomic mass is 9.81. The summed E-state index contributed by atoms with van der Waals surface area (Å²) in [5.41, 5.74) is 0.248. The number of anilines is 2. The summed E-state index contributed by atoms with van der Waals surface area (Å²) in [4.78, 5) is 17.2. The number of amides is 1. The number of ether oxygens (including phenoxy) is 2. The molecule has 0 aliphatic rings. The zero-order valence-corrected chi connectivity index (χ0v) is 20.4. The number of methoxy groups -OCH3 is 2. The first-order valence-corrected chi connectivity index (χ1v) is 10.8. The number of benzene rings is 2. The van der Waals surface area contributed by atoms with E-state index in [0.29, 0.717) is 17.8 Å². The lowest BCUT2D eigenvalue weighted by Crippen LogP contribution is -2.25. The van der Waals surface area contributed by atoms with Crippen molar-refractivity contribution in [3.05, 3.63) is 47.0 Å². The summed E-state index contributed by atoms with van der Waals surface area (Å²) >= 11 is 0. The van der Waals surface area contributed by atoms with Crippen LogP contribution in [0.2, 0.25) is 0 Å². The Kier molecular flexibility index (Phi) is 9.26. The highest BCUT2D eigenvalue weighted by atomic mass is 19.4. The van der Waals surface area contributed by atoms with Gasteiger partial charge in [-0.15, -0.1) is 0 Å². The summed E-state index contributed by atoms with van der Waals surface area (Å²) < 4.78 is 51.1. The normalized spacial score (nSPS) is 12.4. The second-order valence-electron chi connectivity index (χ2n) is 8.32. The van der Waals surface area contributed by atoms with Crippen LogP contribution in [0.15, 0.2) is 30.3 Å². The molecule has 2 radical (unpaired) electrons. The van der Waals surface area contributed by atoms with Crippen molar-refractivity contribution in [1.82, 2.24) is 4.90 Å². The summed E-state index contributed by atoms with van der Waals surface area (Å²) in [6, 6.07) is 6.57. The van der Waals surface area contributed by atoms with Crippen LogP contribution < -0.4 is 19.7 Å². The topological polar surface area (TPSA) is 54.0 Å². The van der Waals surface area contributed by atoms with Gasteiger partial charge in [0.25, 0.3) is 5.91 Å². The molecule has 2 aromatic rings. The van der Waals surface area contributed by atoms with E-state index >= 15 is 0 Å². The first-order valence-electron chi connectivity index (χ1n) is 10.8. The van der Waals surface area contributed by atoms with E-state index < -0.39 is 23.5 Å². The molecule has 0 aromatic heterocycles. The van der Waals surface area contributed by atoms with Crippen LogP contribution in [0.3, 0.4) is 0 Å². The fourth-order valence-corrected chi connectivity index (χ4v) is 3.62. The fraction of sp³-hybridized carbons (Fsp3) is 0.458. The van der Waals surface area contributed by atoms with Crippen LogP contribution in [0, 0.1) is 0 Å². The molecule has 0 aliphatic carbocycles. The smallest absolute Gasteiger partial charge is 0.416 e. The molecule has 1 atom stereocenters. The molecule has 0 saturated carbocycles. The molecule has 0 fully saturated rings. The Labute approximate surface area is 200 Å². The van der Waals surface area contributed by atoms with Gasteiger partial charge in [-0.1, -0.05) is 18.8 Å². The van der Waals surface area contributed by atoms with Crippen LogP contribution in [-0.2, 0) is 6.18 Å². The quantitative estimate of drug-likeness (QED) is 0.508. The highest BCUT2D eigenvalue weighted by molar-refractivity contribution is 6.14. The molecule has 0 aliphatic heterocycles. The van der Waals surface area contributed by atoms with E-state index in [1.165, 1.54) is 20.3 Å². The molecule has 2 aromatic carbocycles. The molecule has 184 valence electrons. The summed E-state index contributed by atoms with van der Waals surface area (Å²) in [5.74, 6) is -0.691. The van der Waals surface area contributed by atoms with Crippen molar-refractivity contribution in [3.63, 3.8) is 0 Å². The first-order chi connectivity index (χ1) is 15.9. The minimum atomic E-state index is -4.56. The highest BCUT2D eigenvalue weighted by Gasteiger charge is 2.32. The average Bonchev–Trinajstić information content (AvgIpc) is 2.76. The SMILES string of the molecule is [B]C(C)c1ccc(OC)c(C(=O)Nc2cc(C(F)(F)F)ccc2N(C)CCCN(C)C)c1OC. The van der Waals surface area contributed by atoms with Gasteiger partial charge in [-0.3, -0.25) is 4.79 Å². The van der Waals surface area contributed by atoms with E-state index in [1.54, 1.807) is 26.1 Å². The van der Waals surface area contributed by atoms with Crippen LogP contribution in [0.5, 0.6) is 11.5 Å². The Hall–Kier alpha value is -2.88. The van der Waals surface area contributed by atoms with Gasteiger partial charge in [0.05, 0.1) is 39.0 Å². The monoisotopic (exact) mass is 477 g/mol. The highest BCUT2D eigenvalue weighted by Crippen LogP contribution is 2.38. The van der Waals surface area contributed by atoms with Gasteiger partial charge in [0.2, 0.25) is 0 Å². The number of carbonyl (C=O) groups excluding carboxylic acids is 1. The zero-order chi connectivity index (χ0) is 25.6. The van der Waals surface area contributed by atoms with Gasteiger partial charge >= 0.3 is 6.18 Å². The molecular weight excluding hydrogens is 446 g/mol. The van der Waals surface area contributed by atoms with E-state index in [9.17, 15) is 18.0 Å². The Balaban J connectivity index is 2.52. The maximum atomic E-state index is 13.4. The van der Waals surface area contributed by atoms with Gasteiger partial charge in [-0.25, -0.2) is 0 Å². The third-order valence-corrected chi connectivity index (χ3v) is 5.37. The van der Waals surface area contributed by atoms with Crippen molar-refractivity contribution in [1.29, 1.82) is 0 Å². The number of halogens is 3. The molecule has 0 saturated heterocycles. The average molecular weight is 477 g/mol. The van der Waals surface area contributed by atoms with Gasteiger partial charge in [0.15, 0.2) is 0 Å².